The van der Waals surface area contributed by atoms with Crippen molar-refractivity contribution in [2.24, 2.45) is 0 Å². The van der Waals surface area contributed by atoms with Crippen molar-refractivity contribution in [3.63, 3.8) is 0 Å². The Labute approximate surface area is 94.7 Å². The molecule has 0 bridgehead atoms. The standard InChI is InChI=1S/C9H6ClN3O3/c10-6-3-1-5(2-4-6)7-8(13(14)15)9(11)16-12-7/h1-4H,11H2. The van der Waals surface area contributed by atoms with Crippen LogP contribution in [0.1, 0.15) is 0 Å². The lowest BCUT2D eigenvalue weighted by Gasteiger charge is -1.95. The molecule has 1 heterocycles. The Morgan fingerprint density at radius 3 is 2.56 bits per heavy atom. The van der Waals surface area contributed by atoms with Crippen LogP contribution in [-0.2, 0) is 0 Å². The predicted octanol–water partition coefficient (Wildman–Crippen LogP) is 2.49. The first-order valence-electron chi connectivity index (χ1n) is 4.25. The first-order chi connectivity index (χ1) is 7.59. The van der Waals surface area contributed by atoms with Gasteiger partial charge in [-0.2, -0.15) is 0 Å². The lowest BCUT2D eigenvalue weighted by Crippen LogP contribution is -1.93. The van der Waals surface area contributed by atoms with Gasteiger partial charge in [-0.1, -0.05) is 28.9 Å². The highest BCUT2D eigenvalue weighted by atomic mass is 35.5. The van der Waals surface area contributed by atoms with Crippen LogP contribution >= 0.6 is 11.6 Å². The quantitative estimate of drug-likeness (QED) is 0.642. The fraction of sp³-hybridized carbons (Fsp3) is 0. The van der Waals surface area contributed by atoms with Crippen molar-refractivity contribution in [3.05, 3.63) is 39.4 Å². The molecular formula is C9H6ClN3O3. The molecule has 0 amide bonds. The molecule has 7 heteroatoms. The van der Waals surface area contributed by atoms with Crippen molar-refractivity contribution in [1.29, 1.82) is 0 Å². The maximum absolute atomic E-state index is 10.7. The van der Waals surface area contributed by atoms with Crippen LogP contribution in [0.2, 0.25) is 5.02 Å². The Balaban J connectivity index is 2.56. The second-order valence-corrected chi connectivity index (χ2v) is 3.44. The maximum atomic E-state index is 10.7. The van der Waals surface area contributed by atoms with Crippen molar-refractivity contribution >= 4 is 23.2 Å². The number of aromatic nitrogens is 1. The fourth-order valence-corrected chi connectivity index (χ4v) is 1.40. The summed E-state index contributed by atoms with van der Waals surface area (Å²) in [6.07, 6.45) is 0. The van der Waals surface area contributed by atoms with E-state index in [2.05, 4.69) is 9.68 Å². The molecule has 2 rings (SSSR count). The maximum Gasteiger partial charge on any atom is 0.360 e. The minimum absolute atomic E-state index is 0.0965. The SMILES string of the molecule is Nc1onc(-c2ccc(Cl)cc2)c1[N+](=O)[O-]. The molecule has 2 aromatic rings. The Bertz CT molecular complexity index is 535. The Hall–Kier alpha value is -2.08. The van der Waals surface area contributed by atoms with Gasteiger partial charge in [0.2, 0.25) is 0 Å². The molecule has 0 saturated carbocycles. The second-order valence-electron chi connectivity index (χ2n) is 3.01. The van der Waals surface area contributed by atoms with Crippen molar-refractivity contribution in [3.8, 4) is 11.3 Å². The number of benzene rings is 1. The van der Waals surface area contributed by atoms with E-state index in [0.29, 0.717) is 10.6 Å². The molecule has 0 atom stereocenters. The van der Waals surface area contributed by atoms with Crippen LogP contribution in [0.25, 0.3) is 11.3 Å². The summed E-state index contributed by atoms with van der Waals surface area (Å²) in [5, 5.41) is 14.8. The van der Waals surface area contributed by atoms with Gasteiger partial charge in [-0.25, -0.2) is 0 Å². The average Bonchev–Trinajstić information content (AvgIpc) is 2.61. The summed E-state index contributed by atoms with van der Waals surface area (Å²) in [6.45, 7) is 0. The number of nitrogens with two attached hydrogens (primary N) is 1. The van der Waals surface area contributed by atoms with Crippen molar-refractivity contribution in [2.75, 3.05) is 5.73 Å². The van der Waals surface area contributed by atoms with Crippen LogP contribution in [0.5, 0.6) is 0 Å². The summed E-state index contributed by atoms with van der Waals surface area (Å²) in [7, 11) is 0. The van der Waals surface area contributed by atoms with Gasteiger partial charge < -0.3 is 10.3 Å². The number of nitro groups is 1. The number of hydrogen-bond acceptors (Lipinski definition) is 5. The van der Waals surface area contributed by atoms with Gasteiger partial charge in [-0.3, -0.25) is 10.1 Å². The minimum Gasteiger partial charge on any atom is -0.362 e. The van der Waals surface area contributed by atoms with Crippen molar-refractivity contribution in [2.45, 2.75) is 0 Å². The molecule has 0 radical (unpaired) electrons. The smallest absolute Gasteiger partial charge is 0.360 e. The monoisotopic (exact) mass is 239 g/mol. The minimum atomic E-state index is -0.629. The molecule has 0 aliphatic heterocycles. The zero-order valence-electron chi connectivity index (χ0n) is 7.88. The summed E-state index contributed by atoms with van der Waals surface area (Å²) in [4.78, 5) is 10.1. The molecule has 0 aliphatic carbocycles. The van der Waals surface area contributed by atoms with E-state index >= 15 is 0 Å². The third-order valence-corrected chi connectivity index (χ3v) is 2.25. The van der Waals surface area contributed by atoms with Gasteiger partial charge in [-0.05, 0) is 12.1 Å². The van der Waals surface area contributed by atoms with Crippen LogP contribution in [0.3, 0.4) is 0 Å². The summed E-state index contributed by atoms with van der Waals surface area (Å²) in [5.74, 6) is -0.310. The van der Waals surface area contributed by atoms with Crippen molar-refractivity contribution in [1.82, 2.24) is 5.16 Å². The molecule has 0 unspecified atom stereocenters. The largest absolute Gasteiger partial charge is 0.362 e. The fourth-order valence-electron chi connectivity index (χ4n) is 1.27. The van der Waals surface area contributed by atoms with Gasteiger partial charge in [0.05, 0.1) is 4.92 Å². The lowest BCUT2D eigenvalue weighted by atomic mass is 10.1. The van der Waals surface area contributed by atoms with E-state index in [9.17, 15) is 10.1 Å². The molecule has 0 fully saturated rings. The predicted molar refractivity (Wildman–Crippen MR) is 58.0 cm³/mol. The third kappa shape index (κ3) is 1.70. The highest BCUT2D eigenvalue weighted by Gasteiger charge is 2.26. The number of rotatable bonds is 2. The summed E-state index contributed by atoms with van der Waals surface area (Å²) < 4.78 is 4.59. The molecule has 1 aromatic heterocycles. The Morgan fingerprint density at radius 1 is 1.38 bits per heavy atom. The van der Waals surface area contributed by atoms with Gasteiger partial charge in [0.25, 0.3) is 0 Å². The number of nitrogens with zero attached hydrogens (tertiary/aromatic N) is 2. The second kappa shape index (κ2) is 3.82. The van der Waals surface area contributed by atoms with Crippen LogP contribution in [0, 0.1) is 10.1 Å². The average molecular weight is 240 g/mol. The summed E-state index contributed by atoms with van der Waals surface area (Å²) in [6, 6.07) is 6.41. The molecule has 0 spiro atoms. The molecular weight excluding hydrogens is 234 g/mol. The highest BCUT2D eigenvalue weighted by molar-refractivity contribution is 6.30. The Morgan fingerprint density at radius 2 is 2.00 bits per heavy atom. The first-order valence-corrected chi connectivity index (χ1v) is 4.63. The number of nitrogen functional groups attached to an aromatic ring is 1. The number of anilines is 1. The van der Waals surface area contributed by atoms with E-state index < -0.39 is 4.92 Å². The van der Waals surface area contributed by atoms with Crippen LogP contribution < -0.4 is 5.73 Å². The molecule has 2 N–H and O–H groups in total. The molecule has 0 aliphatic rings. The van der Waals surface area contributed by atoms with Crippen LogP contribution in [-0.4, -0.2) is 10.1 Å². The molecule has 0 saturated heterocycles. The first kappa shape index (κ1) is 10.4. The number of halogens is 1. The third-order valence-electron chi connectivity index (χ3n) is 1.99. The topological polar surface area (TPSA) is 95.2 Å². The molecule has 16 heavy (non-hydrogen) atoms. The van der Waals surface area contributed by atoms with E-state index in [-0.39, 0.29) is 17.3 Å². The molecule has 1 aromatic carbocycles. The molecule has 82 valence electrons. The van der Waals surface area contributed by atoms with Crippen LogP contribution in [0.15, 0.2) is 28.8 Å². The lowest BCUT2D eigenvalue weighted by molar-refractivity contribution is -0.383. The van der Waals surface area contributed by atoms with E-state index in [1.54, 1.807) is 24.3 Å². The van der Waals surface area contributed by atoms with Crippen LogP contribution in [0.4, 0.5) is 11.6 Å². The van der Waals surface area contributed by atoms with Gasteiger partial charge in [-0.15, -0.1) is 0 Å². The van der Waals surface area contributed by atoms with E-state index in [1.807, 2.05) is 0 Å². The highest BCUT2D eigenvalue weighted by Crippen LogP contribution is 2.34. The van der Waals surface area contributed by atoms with Crippen molar-refractivity contribution < 1.29 is 9.45 Å². The number of hydrogen-bond donors (Lipinski definition) is 1. The summed E-state index contributed by atoms with van der Waals surface area (Å²) >= 11 is 5.70. The normalized spacial score (nSPS) is 10.3. The van der Waals surface area contributed by atoms with E-state index in [1.165, 1.54) is 0 Å². The zero-order chi connectivity index (χ0) is 11.7. The summed E-state index contributed by atoms with van der Waals surface area (Å²) in [5.41, 5.74) is 5.60. The Kier molecular flexibility index (Phi) is 2.49. The molecule has 6 nitrogen and oxygen atoms in total. The van der Waals surface area contributed by atoms with Gasteiger partial charge in [0, 0.05) is 10.6 Å². The van der Waals surface area contributed by atoms with Gasteiger partial charge in [0.15, 0.2) is 5.69 Å². The van der Waals surface area contributed by atoms with E-state index in [4.69, 9.17) is 17.3 Å². The van der Waals surface area contributed by atoms with Gasteiger partial charge >= 0.3 is 11.6 Å². The zero-order valence-corrected chi connectivity index (χ0v) is 8.64. The van der Waals surface area contributed by atoms with E-state index in [0.717, 1.165) is 0 Å². The van der Waals surface area contributed by atoms with Gasteiger partial charge in [0.1, 0.15) is 0 Å².